The van der Waals surface area contributed by atoms with Crippen LogP contribution in [0.25, 0.3) is 10.8 Å². The number of Topliss-reactive ketones (excluding diaryl/α,β-unsaturated/α-hetero) is 1. The summed E-state index contributed by atoms with van der Waals surface area (Å²) in [6.45, 7) is 4.05. The van der Waals surface area contributed by atoms with Gasteiger partial charge in [0.25, 0.3) is 0 Å². The van der Waals surface area contributed by atoms with Crippen molar-refractivity contribution in [2.45, 2.75) is 39.5 Å². The fourth-order valence-corrected chi connectivity index (χ4v) is 2.46. The highest BCUT2D eigenvalue weighted by atomic mass is 16.3. The van der Waals surface area contributed by atoms with E-state index < -0.39 is 0 Å². The van der Waals surface area contributed by atoms with Crippen molar-refractivity contribution in [2.75, 3.05) is 0 Å². The van der Waals surface area contributed by atoms with Gasteiger partial charge in [-0.05, 0) is 41.3 Å². The normalized spacial score (nSPS) is 10.8. The molecule has 2 rings (SSSR count). The standard InChI is InChI=1S/C17H20O2/c1-3-5-6-15-14-10-8-13(18)11-12(14)7-9-16(15)17(19)4-2/h7-11,18H,3-6H2,1-2H3. The molecule has 0 spiro atoms. The summed E-state index contributed by atoms with van der Waals surface area (Å²) in [6, 6.07) is 9.19. The quantitative estimate of drug-likeness (QED) is 0.801. The molecule has 0 aromatic heterocycles. The number of aromatic hydroxyl groups is 1. The Balaban J connectivity index is 2.62. The van der Waals surface area contributed by atoms with Gasteiger partial charge in [0.2, 0.25) is 0 Å². The highest BCUT2D eigenvalue weighted by molar-refractivity contribution is 6.02. The van der Waals surface area contributed by atoms with E-state index in [4.69, 9.17) is 0 Å². The number of fused-ring (bicyclic) bond motifs is 1. The molecule has 0 radical (unpaired) electrons. The number of benzene rings is 2. The van der Waals surface area contributed by atoms with Gasteiger partial charge in [0.1, 0.15) is 5.75 Å². The van der Waals surface area contributed by atoms with Crippen LogP contribution < -0.4 is 0 Å². The van der Waals surface area contributed by atoms with E-state index in [0.29, 0.717) is 6.42 Å². The molecule has 2 nitrogen and oxygen atoms in total. The van der Waals surface area contributed by atoms with Crippen LogP contribution >= 0.6 is 0 Å². The molecule has 2 aromatic carbocycles. The Morgan fingerprint density at radius 3 is 2.63 bits per heavy atom. The van der Waals surface area contributed by atoms with Gasteiger partial charge in [0.05, 0.1) is 0 Å². The van der Waals surface area contributed by atoms with Gasteiger partial charge in [-0.2, -0.15) is 0 Å². The molecular weight excluding hydrogens is 236 g/mol. The first-order chi connectivity index (χ1) is 9.17. The molecule has 0 aliphatic carbocycles. The highest BCUT2D eigenvalue weighted by Crippen LogP contribution is 2.28. The van der Waals surface area contributed by atoms with E-state index in [2.05, 4.69) is 6.92 Å². The van der Waals surface area contributed by atoms with Gasteiger partial charge in [-0.15, -0.1) is 0 Å². The van der Waals surface area contributed by atoms with Gasteiger partial charge in [0, 0.05) is 12.0 Å². The summed E-state index contributed by atoms with van der Waals surface area (Å²) in [5.41, 5.74) is 1.97. The smallest absolute Gasteiger partial charge is 0.162 e. The number of carbonyl (C=O) groups is 1. The summed E-state index contributed by atoms with van der Waals surface area (Å²) >= 11 is 0. The van der Waals surface area contributed by atoms with Crippen LogP contribution in [-0.2, 0) is 6.42 Å². The van der Waals surface area contributed by atoms with E-state index >= 15 is 0 Å². The zero-order valence-corrected chi connectivity index (χ0v) is 11.6. The Labute approximate surface area is 114 Å². The molecule has 0 amide bonds. The molecular formula is C17H20O2. The van der Waals surface area contributed by atoms with E-state index in [1.54, 1.807) is 12.1 Å². The van der Waals surface area contributed by atoms with Crippen molar-refractivity contribution >= 4 is 16.6 Å². The first-order valence-corrected chi connectivity index (χ1v) is 6.95. The Morgan fingerprint density at radius 1 is 1.16 bits per heavy atom. The molecule has 0 saturated heterocycles. The SMILES string of the molecule is CCCCc1c(C(=O)CC)ccc2cc(O)ccc12. The third-order valence-electron chi connectivity index (χ3n) is 3.52. The van der Waals surface area contributed by atoms with Gasteiger partial charge < -0.3 is 5.11 Å². The Bertz CT molecular complexity index is 599. The van der Waals surface area contributed by atoms with Crippen molar-refractivity contribution in [3.8, 4) is 5.75 Å². The zero-order chi connectivity index (χ0) is 13.8. The second-order valence-corrected chi connectivity index (χ2v) is 4.88. The topological polar surface area (TPSA) is 37.3 Å². The molecule has 0 aliphatic heterocycles. The summed E-state index contributed by atoms with van der Waals surface area (Å²) < 4.78 is 0. The van der Waals surface area contributed by atoms with Crippen LogP contribution in [0.15, 0.2) is 30.3 Å². The molecule has 2 aromatic rings. The van der Waals surface area contributed by atoms with E-state index in [-0.39, 0.29) is 11.5 Å². The van der Waals surface area contributed by atoms with Gasteiger partial charge in [-0.3, -0.25) is 4.79 Å². The van der Waals surface area contributed by atoms with Gasteiger partial charge >= 0.3 is 0 Å². The largest absolute Gasteiger partial charge is 0.508 e. The van der Waals surface area contributed by atoms with Crippen molar-refractivity contribution in [2.24, 2.45) is 0 Å². The van der Waals surface area contributed by atoms with Crippen molar-refractivity contribution in [3.05, 3.63) is 41.5 Å². The van der Waals surface area contributed by atoms with Gasteiger partial charge in [0.15, 0.2) is 5.78 Å². The maximum Gasteiger partial charge on any atom is 0.162 e. The second-order valence-electron chi connectivity index (χ2n) is 4.88. The first-order valence-electron chi connectivity index (χ1n) is 6.95. The number of rotatable bonds is 5. The molecule has 0 fully saturated rings. The Hall–Kier alpha value is -1.83. The molecule has 1 N–H and O–H groups in total. The van der Waals surface area contributed by atoms with Crippen molar-refractivity contribution < 1.29 is 9.90 Å². The number of phenols is 1. The summed E-state index contributed by atoms with van der Waals surface area (Å²) in [4.78, 5) is 12.1. The lowest BCUT2D eigenvalue weighted by Gasteiger charge is -2.12. The maximum absolute atomic E-state index is 12.1. The minimum atomic E-state index is 0.195. The predicted molar refractivity (Wildman–Crippen MR) is 78.8 cm³/mol. The molecule has 0 unspecified atom stereocenters. The molecule has 0 heterocycles. The lowest BCUT2D eigenvalue weighted by Crippen LogP contribution is -2.03. The van der Waals surface area contributed by atoms with E-state index in [1.807, 2.05) is 25.1 Å². The molecule has 2 heteroatoms. The monoisotopic (exact) mass is 256 g/mol. The fraction of sp³-hybridized carbons (Fsp3) is 0.353. The Kier molecular flexibility index (Phi) is 4.20. The van der Waals surface area contributed by atoms with Crippen LogP contribution in [-0.4, -0.2) is 10.9 Å². The number of hydrogen-bond donors (Lipinski definition) is 1. The molecule has 19 heavy (non-hydrogen) atoms. The number of unbranched alkanes of at least 4 members (excludes halogenated alkanes) is 1. The molecule has 0 aliphatic rings. The number of phenolic OH excluding ortho intramolecular Hbond substituents is 1. The lowest BCUT2D eigenvalue weighted by atomic mass is 9.92. The number of aryl methyl sites for hydroxylation is 1. The van der Waals surface area contributed by atoms with Crippen LogP contribution in [0.4, 0.5) is 0 Å². The number of hydrogen-bond acceptors (Lipinski definition) is 2. The molecule has 100 valence electrons. The van der Waals surface area contributed by atoms with Crippen LogP contribution in [0.2, 0.25) is 0 Å². The zero-order valence-electron chi connectivity index (χ0n) is 11.6. The minimum absolute atomic E-state index is 0.195. The van der Waals surface area contributed by atoms with Crippen molar-refractivity contribution in [3.63, 3.8) is 0 Å². The van der Waals surface area contributed by atoms with E-state index in [9.17, 15) is 9.90 Å². The van der Waals surface area contributed by atoms with Crippen LogP contribution in [0.5, 0.6) is 5.75 Å². The minimum Gasteiger partial charge on any atom is -0.508 e. The van der Waals surface area contributed by atoms with E-state index in [1.165, 1.54) is 0 Å². The summed E-state index contributed by atoms with van der Waals surface area (Å²) in [7, 11) is 0. The third-order valence-corrected chi connectivity index (χ3v) is 3.52. The van der Waals surface area contributed by atoms with Crippen molar-refractivity contribution in [1.82, 2.24) is 0 Å². The average Bonchev–Trinajstić information content (AvgIpc) is 2.43. The van der Waals surface area contributed by atoms with Crippen molar-refractivity contribution in [1.29, 1.82) is 0 Å². The third kappa shape index (κ3) is 2.78. The molecule has 0 atom stereocenters. The fourth-order valence-electron chi connectivity index (χ4n) is 2.46. The summed E-state index contributed by atoms with van der Waals surface area (Å²) in [5, 5.41) is 11.6. The summed E-state index contributed by atoms with van der Waals surface area (Å²) in [5.74, 6) is 0.463. The first kappa shape index (κ1) is 13.6. The summed E-state index contributed by atoms with van der Waals surface area (Å²) in [6.07, 6.45) is 3.63. The van der Waals surface area contributed by atoms with E-state index in [0.717, 1.165) is 41.2 Å². The van der Waals surface area contributed by atoms with Crippen LogP contribution in [0, 0.1) is 0 Å². The highest BCUT2D eigenvalue weighted by Gasteiger charge is 2.12. The predicted octanol–water partition coefficient (Wildman–Crippen LogP) is 4.48. The maximum atomic E-state index is 12.1. The van der Waals surface area contributed by atoms with Gasteiger partial charge in [-0.1, -0.05) is 38.5 Å². The Morgan fingerprint density at radius 2 is 1.95 bits per heavy atom. The number of ketones is 1. The number of carbonyl (C=O) groups excluding carboxylic acids is 1. The second kappa shape index (κ2) is 5.87. The van der Waals surface area contributed by atoms with Crippen LogP contribution in [0.3, 0.4) is 0 Å². The molecule has 0 bridgehead atoms. The average molecular weight is 256 g/mol. The molecule has 0 saturated carbocycles. The van der Waals surface area contributed by atoms with Crippen LogP contribution in [0.1, 0.15) is 49.0 Å². The van der Waals surface area contributed by atoms with Gasteiger partial charge in [-0.25, -0.2) is 0 Å². The lowest BCUT2D eigenvalue weighted by molar-refractivity contribution is 0.0987.